The van der Waals surface area contributed by atoms with Crippen molar-refractivity contribution in [1.29, 1.82) is 0 Å². The number of methoxy groups -OCH3 is 1. The van der Waals surface area contributed by atoms with Gasteiger partial charge < -0.3 is 19.5 Å². The Balaban J connectivity index is 1.51. The van der Waals surface area contributed by atoms with Crippen molar-refractivity contribution in [3.8, 4) is 0 Å². The van der Waals surface area contributed by atoms with Crippen molar-refractivity contribution in [2.24, 2.45) is 0 Å². The SMILES string of the molecule is COC(=O)c1oc(CN2C(=O)N[C@@H](Cc3c[nH]c4ccccc34)C2=O)cc1C. The molecule has 0 aliphatic carbocycles. The summed E-state index contributed by atoms with van der Waals surface area (Å²) in [5, 5.41) is 3.74. The molecule has 3 heterocycles. The summed E-state index contributed by atoms with van der Waals surface area (Å²) in [7, 11) is 1.26. The van der Waals surface area contributed by atoms with Crippen LogP contribution in [0.1, 0.15) is 27.4 Å². The number of benzene rings is 1. The zero-order chi connectivity index (χ0) is 19.8. The van der Waals surface area contributed by atoms with Gasteiger partial charge in [-0.1, -0.05) is 18.2 Å². The number of hydrogen-bond acceptors (Lipinski definition) is 5. The summed E-state index contributed by atoms with van der Waals surface area (Å²) in [6.07, 6.45) is 2.24. The summed E-state index contributed by atoms with van der Waals surface area (Å²) in [6, 6.07) is 8.28. The maximum Gasteiger partial charge on any atom is 0.374 e. The zero-order valence-electron chi connectivity index (χ0n) is 15.4. The Hall–Kier alpha value is -3.55. The third kappa shape index (κ3) is 3.02. The number of furan rings is 1. The third-order valence-electron chi connectivity index (χ3n) is 4.86. The Kier molecular flexibility index (Phi) is 4.38. The maximum absolute atomic E-state index is 12.8. The highest BCUT2D eigenvalue weighted by Gasteiger charge is 2.39. The molecule has 8 nitrogen and oxygen atoms in total. The van der Waals surface area contributed by atoms with Crippen LogP contribution in [0.4, 0.5) is 4.79 Å². The van der Waals surface area contributed by atoms with E-state index in [9.17, 15) is 14.4 Å². The van der Waals surface area contributed by atoms with Gasteiger partial charge >= 0.3 is 12.0 Å². The molecular formula is C20H19N3O5. The number of hydrogen-bond donors (Lipinski definition) is 2. The van der Waals surface area contributed by atoms with Gasteiger partial charge in [-0.15, -0.1) is 0 Å². The molecule has 144 valence electrons. The van der Waals surface area contributed by atoms with Crippen molar-refractivity contribution in [3.05, 3.63) is 59.2 Å². The average molecular weight is 381 g/mol. The molecule has 1 aliphatic rings. The number of H-pyrrole nitrogens is 1. The van der Waals surface area contributed by atoms with Gasteiger partial charge in [0.25, 0.3) is 5.91 Å². The molecule has 2 aromatic heterocycles. The van der Waals surface area contributed by atoms with Gasteiger partial charge in [0.2, 0.25) is 5.76 Å². The minimum absolute atomic E-state index is 0.0487. The third-order valence-corrected chi connectivity index (χ3v) is 4.86. The number of ether oxygens (including phenoxy) is 1. The largest absolute Gasteiger partial charge is 0.463 e. The van der Waals surface area contributed by atoms with Crippen LogP contribution >= 0.6 is 0 Å². The highest BCUT2D eigenvalue weighted by atomic mass is 16.5. The number of aromatic nitrogens is 1. The van der Waals surface area contributed by atoms with E-state index in [0.29, 0.717) is 17.7 Å². The van der Waals surface area contributed by atoms with Crippen LogP contribution < -0.4 is 5.32 Å². The number of aryl methyl sites for hydroxylation is 1. The summed E-state index contributed by atoms with van der Waals surface area (Å²) < 4.78 is 10.1. The van der Waals surface area contributed by atoms with E-state index in [1.54, 1.807) is 13.0 Å². The quantitative estimate of drug-likeness (QED) is 0.522. The second-order valence-corrected chi connectivity index (χ2v) is 6.71. The van der Waals surface area contributed by atoms with Crippen LogP contribution in [0.2, 0.25) is 0 Å². The Labute approximate surface area is 160 Å². The molecule has 1 fully saturated rings. The summed E-state index contributed by atoms with van der Waals surface area (Å²) in [5.74, 6) is -0.517. The predicted molar refractivity (Wildman–Crippen MR) is 99.7 cm³/mol. The average Bonchev–Trinajstić information content (AvgIpc) is 3.34. The van der Waals surface area contributed by atoms with E-state index in [2.05, 4.69) is 15.0 Å². The topological polar surface area (TPSA) is 105 Å². The molecule has 1 aromatic carbocycles. The van der Waals surface area contributed by atoms with Gasteiger partial charge in [-0.2, -0.15) is 0 Å². The number of imide groups is 1. The first kappa shape index (κ1) is 17.8. The molecule has 4 rings (SSSR count). The second-order valence-electron chi connectivity index (χ2n) is 6.71. The fourth-order valence-electron chi connectivity index (χ4n) is 3.46. The van der Waals surface area contributed by atoms with Gasteiger partial charge in [0, 0.05) is 29.1 Å². The van der Waals surface area contributed by atoms with Crippen molar-refractivity contribution in [2.45, 2.75) is 25.9 Å². The number of nitrogens with zero attached hydrogens (tertiary/aromatic N) is 1. The lowest BCUT2D eigenvalue weighted by Gasteiger charge is -2.11. The number of carbonyl (C=O) groups is 3. The summed E-state index contributed by atoms with van der Waals surface area (Å²) in [6.45, 7) is 1.65. The Bertz CT molecular complexity index is 1080. The van der Waals surface area contributed by atoms with Crippen molar-refractivity contribution < 1.29 is 23.5 Å². The molecule has 8 heteroatoms. The molecule has 1 atom stereocenters. The number of amides is 3. The van der Waals surface area contributed by atoms with Crippen LogP contribution in [0.15, 0.2) is 40.9 Å². The fraction of sp³-hybridized carbons (Fsp3) is 0.250. The van der Waals surface area contributed by atoms with Crippen LogP contribution in [-0.4, -0.2) is 40.9 Å². The van der Waals surface area contributed by atoms with E-state index in [1.807, 2.05) is 30.5 Å². The molecule has 0 saturated carbocycles. The van der Waals surface area contributed by atoms with Crippen molar-refractivity contribution in [1.82, 2.24) is 15.2 Å². The van der Waals surface area contributed by atoms with Crippen LogP contribution in [0, 0.1) is 6.92 Å². The molecule has 0 radical (unpaired) electrons. The lowest BCUT2D eigenvalue weighted by Crippen LogP contribution is -2.32. The number of fused-ring (bicyclic) bond motifs is 1. The molecule has 2 N–H and O–H groups in total. The van der Waals surface area contributed by atoms with E-state index in [0.717, 1.165) is 21.4 Å². The van der Waals surface area contributed by atoms with E-state index >= 15 is 0 Å². The molecular weight excluding hydrogens is 362 g/mol. The van der Waals surface area contributed by atoms with Crippen LogP contribution in [0.3, 0.4) is 0 Å². The number of aromatic amines is 1. The number of para-hydroxylation sites is 1. The lowest BCUT2D eigenvalue weighted by atomic mass is 10.1. The zero-order valence-corrected chi connectivity index (χ0v) is 15.4. The highest BCUT2D eigenvalue weighted by molar-refractivity contribution is 6.04. The first-order valence-corrected chi connectivity index (χ1v) is 8.82. The Morgan fingerprint density at radius 3 is 2.86 bits per heavy atom. The first-order valence-electron chi connectivity index (χ1n) is 8.82. The highest BCUT2D eigenvalue weighted by Crippen LogP contribution is 2.23. The normalized spacial score (nSPS) is 16.6. The van der Waals surface area contributed by atoms with Gasteiger partial charge in [0.15, 0.2) is 0 Å². The number of urea groups is 1. The van der Waals surface area contributed by atoms with Crippen molar-refractivity contribution in [3.63, 3.8) is 0 Å². The molecule has 3 amide bonds. The van der Waals surface area contributed by atoms with Gasteiger partial charge in [0.05, 0.1) is 13.7 Å². The van der Waals surface area contributed by atoms with Crippen LogP contribution in [0.5, 0.6) is 0 Å². The molecule has 0 bridgehead atoms. The minimum atomic E-state index is -0.650. The Morgan fingerprint density at radius 2 is 2.07 bits per heavy atom. The fourth-order valence-corrected chi connectivity index (χ4v) is 3.46. The maximum atomic E-state index is 12.8. The summed E-state index contributed by atoms with van der Waals surface area (Å²) in [5.41, 5.74) is 2.52. The molecule has 1 aliphatic heterocycles. The van der Waals surface area contributed by atoms with Crippen LogP contribution in [-0.2, 0) is 22.5 Å². The second kappa shape index (κ2) is 6.88. The van der Waals surface area contributed by atoms with Crippen LogP contribution in [0.25, 0.3) is 10.9 Å². The van der Waals surface area contributed by atoms with Crippen molar-refractivity contribution >= 4 is 28.8 Å². The molecule has 28 heavy (non-hydrogen) atoms. The molecule has 0 unspecified atom stereocenters. The van der Waals surface area contributed by atoms with E-state index in [4.69, 9.17) is 4.42 Å². The minimum Gasteiger partial charge on any atom is -0.463 e. The van der Waals surface area contributed by atoms with Gasteiger partial charge in [-0.3, -0.25) is 9.69 Å². The molecule has 1 saturated heterocycles. The van der Waals surface area contributed by atoms with Gasteiger partial charge in [-0.25, -0.2) is 9.59 Å². The van der Waals surface area contributed by atoms with Crippen molar-refractivity contribution in [2.75, 3.05) is 7.11 Å². The van der Waals surface area contributed by atoms with E-state index < -0.39 is 18.0 Å². The summed E-state index contributed by atoms with van der Waals surface area (Å²) in [4.78, 5) is 41.0. The monoisotopic (exact) mass is 381 g/mol. The molecule has 0 spiro atoms. The standard InChI is InChI=1S/C20H19N3O5/c1-11-7-13(28-17(11)19(25)27-2)10-23-18(24)16(22-20(23)26)8-12-9-21-15-6-4-3-5-14(12)15/h3-7,9,16,21H,8,10H2,1-2H3,(H,22,26)/t16-/m0/s1. The molecule has 3 aromatic rings. The predicted octanol–water partition coefficient (Wildman–Crippen LogP) is 2.52. The summed E-state index contributed by atoms with van der Waals surface area (Å²) >= 11 is 0. The number of carbonyl (C=O) groups excluding carboxylic acids is 3. The smallest absolute Gasteiger partial charge is 0.374 e. The van der Waals surface area contributed by atoms with Gasteiger partial charge in [-0.05, 0) is 24.6 Å². The van der Waals surface area contributed by atoms with E-state index in [-0.39, 0.29) is 18.2 Å². The van der Waals surface area contributed by atoms with E-state index in [1.165, 1.54) is 7.11 Å². The number of nitrogens with one attached hydrogen (secondary N) is 2. The Morgan fingerprint density at radius 1 is 1.29 bits per heavy atom. The number of rotatable bonds is 5. The number of esters is 1. The first-order chi connectivity index (χ1) is 13.5. The lowest BCUT2D eigenvalue weighted by molar-refractivity contribution is -0.128. The van der Waals surface area contributed by atoms with Gasteiger partial charge in [0.1, 0.15) is 11.8 Å².